The molecule has 0 fully saturated rings. The average Bonchev–Trinajstić information content (AvgIpc) is 2.56. The van der Waals surface area contributed by atoms with Crippen LogP contribution in [-0.4, -0.2) is 49.0 Å². The van der Waals surface area contributed by atoms with Crippen molar-refractivity contribution in [1.29, 1.82) is 0 Å². The lowest BCUT2D eigenvalue weighted by Crippen LogP contribution is -2.54. The van der Waals surface area contributed by atoms with Crippen molar-refractivity contribution in [3.8, 4) is 5.75 Å². The fraction of sp³-hybridized carbons (Fsp3) is 0.400. The molecule has 1 atom stereocenters. The highest BCUT2D eigenvalue weighted by atomic mass is 35.5. The van der Waals surface area contributed by atoms with E-state index in [1.165, 1.54) is 19.1 Å². The molecule has 0 bridgehead atoms. The summed E-state index contributed by atoms with van der Waals surface area (Å²) in [6, 6.07) is 3.61. The largest absolute Gasteiger partial charge is 0.489 e. The van der Waals surface area contributed by atoms with Crippen LogP contribution >= 0.6 is 11.6 Å². The molecule has 1 aromatic carbocycles. The van der Waals surface area contributed by atoms with E-state index in [-0.39, 0.29) is 18.2 Å². The lowest BCUT2D eigenvalue weighted by Gasteiger charge is -2.37. The van der Waals surface area contributed by atoms with Crippen LogP contribution in [0.2, 0.25) is 0 Å². The Kier molecular flexibility index (Phi) is 5.96. The fourth-order valence-corrected chi connectivity index (χ4v) is 2.56. The van der Waals surface area contributed by atoms with Crippen molar-refractivity contribution >= 4 is 40.7 Å². The summed E-state index contributed by atoms with van der Waals surface area (Å²) in [6.45, 7) is 0.686. The van der Waals surface area contributed by atoms with Crippen LogP contribution < -0.4 is 20.3 Å². The molecule has 1 aliphatic heterocycles. The van der Waals surface area contributed by atoms with Crippen molar-refractivity contribution in [2.75, 3.05) is 29.2 Å². The summed E-state index contributed by atoms with van der Waals surface area (Å²) in [5.74, 6) is -3.16. The summed E-state index contributed by atoms with van der Waals surface area (Å²) >= 11 is 5.61. The Labute approximate surface area is 151 Å². The first-order valence-electron chi connectivity index (χ1n) is 7.41. The number of fused-ring (bicyclic) bond motifs is 1. The zero-order valence-corrected chi connectivity index (χ0v) is 14.3. The normalized spacial score (nSPS) is 16.3. The van der Waals surface area contributed by atoms with Gasteiger partial charge in [-0.1, -0.05) is 0 Å². The van der Waals surface area contributed by atoms with Crippen molar-refractivity contribution in [2.24, 2.45) is 0 Å². The van der Waals surface area contributed by atoms with Crippen LogP contribution in [0.1, 0.15) is 6.92 Å². The number of halogens is 4. The van der Waals surface area contributed by atoms with Gasteiger partial charge in [0, 0.05) is 19.2 Å². The molecular weight excluding hydrogens is 379 g/mol. The van der Waals surface area contributed by atoms with E-state index in [9.17, 15) is 27.6 Å². The van der Waals surface area contributed by atoms with Gasteiger partial charge >= 0.3 is 12.1 Å². The number of carbonyl (C=O) groups excluding carboxylic acids is 3. The minimum absolute atomic E-state index is 0.132. The van der Waals surface area contributed by atoms with Crippen molar-refractivity contribution in [3.05, 3.63) is 18.2 Å². The van der Waals surface area contributed by atoms with Crippen LogP contribution in [0.3, 0.4) is 0 Å². The fourth-order valence-electron chi connectivity index (χ4n) is 2.43. The molecule has 0 saturated carbocycles. The van der Waals surface area contributed by atoms with E-state index in [0.717, 1.165) is 4.90 Å². The van der Waals surface area contributed by atoms with E-state index in [1.54, 1.807) is 11.4 Å². The van der Waals surface area contributed by atoms with Crippen molar-refractivity contribution in [1.82, 2.24) is 5.32 Å². The van der Waals surface area contributed by atoms with Gasteiger partial charge in [-0.2, -0.15) is 13.2 Å². The standard InChI is InChI=1S/C15H15ClF3N3O4/c1-8(23)21-9-2-3-12-11(4-9)22(13(24)5-16)10(7-26-12)6-20-14(25)15(17,18)19/h2-4,10H,5-7H2,1H3,(H,20,25)(H,21,23). The number of hydrogen-bond donors (Lipinski definition) is 2. The van der Waals surface area contributed by atoms with Gasteiger partial charge in [0.25, 0.3) is 0 Å². The van der Waals surface area contributed by atoms with Gasteiger partial charge in [0.2, 0.25) is 11.8 Å². The number of amides is 3. The zero-order chi connectivity index (χ0) is 19.5. The Morgan fingerprint density at radius 2 is 2.04 bits per heavy atom. The molecule has 1 heterocycles. The monoisotopic (exact) mass is 393 g/mol. The van der Waals surface area contributed by atoms with Crippen molar-refractivity contribution in [2.45, 2.75) is 19.1 Å². The highest BCUT2D eigenvalue weighted by Gasteiger charge is 2.40. The quantitative estimate of drug-likeness (QED) is 0.761. The third-order valence-corrected chi connectivity index (χ3v) is 3.70. The lowest BCUT2D eigenvalue weighted by atomic mass is 10.1. The third-order valence-electron chi connectivity index (χ3n) is 3.47. The first kappa shape index (κ1) is 19.8. The van der Waals surface area contributed by atoms with Gasteiger partial charge in [-0.25, -0.2) is 0 Å². The molecule has 26 heavy (non-hydrogen) atoms. The second kappa shape index (κ2) is 7.81. The van der Waals surface area contributed by atoms with E-state index < -0.39 is 36.5 Å². The maximum Gasteiger partial charge on any atom is 0.471 e. The Hall–Kier alpha value is -2.49. The first-order chi connectivity index (χ1) is 12.1. The van der Waals surface area contributed by atoms with Crippen LogP contribution in [0, 0.1) is 0 Å². The number of nitrogens with zero attached hydrogens (tertiary/aromatic N) is 1. The van der Waals surface area contributed by atoms with Crippen molar-refractivity contribution < 1.29 is 32.3 Å². The predicted octanol–water partition coefficient (Wildman–Crippen LogP) is 1.66. The van der Waals surface area contributed by atoms with Crippen LogP contribution in [0.15, 0.2) is 18.2 Å². The molecule has 1 aliphatic rings. The van der Waals surface area contributed by atoms with E-state index in [4.69, 9.17) is 16.3 Å². The van der Waals surface area contributed by atoms with Gasteiger partial charge in [0.1, 0.15) is 18.2 Å². The number of anilines is 2. The zero-order valence-electron chi connectivity index (χ0n) is 13.5. The number of benzene rings is 1. The molecule has 11 heteroatoms. The Morgan fingerprint density at radius 3 is 2.62 bits per heavy atom. The van der Waals surface area contributed by atoms with E-state index in [2.05, 4.69) is 5.32 Å². The van der Waals surface area contributed by atoms with Gasteiger partial charge in [-0.3, -0.25) is 19.3 Å². The third kappa shape index (κ3) is 4.57. The molecule has 142 valence electrons. The van der Waals surface area contributed by atoms with Crippen LogP contribution in [0.25, 0.3) is 0 Å². The smallest absolute Gasteiger partial charge is 0.471 e. The van der Waals surface area contributed by atoms with E-state index in [0.29, 0.717) is 11.4 Å². The number of nitrogens with one attached hydrogen (secondary N) is 2. The van der Waals surface area contributed by atoms with Gasteiger partial charge in [0.05, 0.1) is 11.7 Å². The molecule has 0 saturated heterocycles. The Bertz CT molecular complexity index is 727. The highest BCUT2D eigenvalue weighted by Crippen LogP contribution is 2.36. The van der Waals surface area contributed by atoms with Crippen molar-refractivity contribution in [3.63, 3.8) is 0 Å². The second-order valence-corrected chi connectivity index (χ2v) is 5.70. The maximum atomic E-state index is 12.4. The molecule has 1 aromatic rings. The predicted molar refractivity (Wildman–Crippen MR) is 87.3 cm³/mol. The molecule has 2 rings (SSSR count). The molecule has 7 nitrogen and oxygen atoms in total. The highest BCUT2D eigenvalue weighted by molar-refractivity contribution is 6.29. The number of carbonyl (C=O) groups is 3. The summed E-state index contributed by atoms with van der Waals surface area (Å²) in [5, 5.41) is 4.26. The minimum Gasteiger partial charge on any atom is -0.489 e. The second-order valence-electron chi connectivity index (χ2n) is 5.43. The molecule has 0 aliphatic carbocycles. The van der Waals surface area contributed by atoms with Gasteiger partial charge < -0.3 is 15.4 Å². The summed E-state index contributed by atoms with van der Waals surface area (Å²) in [7, 11) is 0. The van der Waals surface area contributed by atoms with E-state index >= 15 is 0 Å². The molecule has 2 N–H and O–H groups in total. The Balaban J connectivity index is 2.28. The number of hydrogen-bond acceptors (Lipinski definition) is 4. The molecule has 1 unspecified atom stereocenters. The Morgan fingerprint density at radius 1 is 1.35 bits per heavy atom. The SMILES string of the molecule is CC(=O)Nc1ccc2c(c1)N(C(=O)CCl)C(CNC(=O)C(F)(F)F)CO2. The summed E-state index contributed by atoms with van der Waals surface area (Å²) in [4.78, 5) is 35.6. The summed E-state index contributed by atoms with van der Waals surface area (Å²) in [6.07, 6.45) is -5.03. The molecule has 3 amide bonds. The maximum absolute atomic E-state index is 12.4. The van der Waals surface area contributed by atoms with Crippen LogP contribution in [-0.2, 0) is 14.4 Å². The van der Waals surface area contributed by atoms with Crippen LogP contribution in [0.5, 0.6) is 5.75 Å². The van der Waals surface area contributed by atoms with Gasteiger partial charge in [-0.05, 0) is 18.2 Å². The van der Waals surface area contributed by atoms with Gasteiger partial charge in [-0.15, -0.1) is 11.6 Å². The molecule has 0 aromatic heterocycles. The average molecular weight is 394 g/mol. The number of alkyl halides is 4. The van der Waals surface area contributed by atoms with E-state index in [1.807, 2.05) is 0 Å². The lowest BCUT2D eigenvalue weighted by molar-refractivity contribution is -0.173. The minimum atomic E-state index is -5.03. The first-order valence-corrected chi connectivity index (χ1v) is 7.94. The van der Waals surface area contributed by atoms with Crippen LogP contribution in [0.4, 0.5) is 24.5 Å². The summed E-state index contributed by atoms with van der Waals surface area (Å²) in [5.41, 5.74) is 0.603. The number of ether oxygens (including phenoxy) is 1. The molecular formula is C15H15ClF3N3O4. The van der Waals surface area contributed by atoms with Gasteiger partial charge in [0.15, 0.2) is 0 Å². The molecule has 0 spiro atoms. The topological polar surface area (TPSA) is 87.7 Å². The number of rotatable bonds is 4. The summed E-state index contributed by atoms with van der Waals surface area (Å²) < 4.78 is 42.5. The molecule has 0 radical (unpaired) electrons.